The second-order valence-electron chi connectivity index (χ2n) is 4.03. The zero-order valence-electron chi connectivity index (χ0n) is 10.4. The zero-order chi connectivity index (χ0) is 11.6. The summed E-state index contributed by atoms with van der Waals surface area (Å²) in [6.45, 7) is 3.38. The molecule has 90 valence electrons. The Balaban J connectivity index is 2.27. The van der Waals surface area contributed by atoms with E-state index in [1.54, 1.807) is 0 Å². The average molecular weight is 237 g/mol. The molecular weight excluding hydrogens is 214 g/mol. The Morgan fingerprint density at radius 2 is 1.94 bits per heavy atom. The Morgan fingerprint density at radius 3 is 2.56 bits per heavy atom. The normalized spacial score (nSPS) is 12.6. The lowest BCUT2D eigenvalue weighted by Crippen LogP contribution is -2.21. The van der Waals surface area contributed by atoms with Gasteiger partial charge in [-0.1, -0.05) is 37.3 Å². The van der Waals surface area contributed by atoms with E-state index in [9.17, 15) is 0 Å². The first kappa shape index (κ1) is 13.6. The van der Waals surface area contributed by atoms with E-state index in [1.807, 2.05) is 11.8 Å². The summed E-state index contributed by atoms with van der Waals surface area (Å²) in [7, 11) is 0. The summed E-state index contributed by atoms with van der Waals surface area (Å²) >= 11 is 1.93. The molecule has 0 radical (unpaired) electrons. The molecule has 1 rings (SSSR count). The van der Waals surface area contributed by atoms with Gasteiger partial charge in [0, 0.05) is 6.04 Å². The Labute approximate surface area is 104 Å². The van der Waals surface area contributed by atoms with Crippen molar-refractivity contribution in [3.63, 3.8) is 0 Å². The molecule has 0 heterocycles. The Morgan fingerprint density at radius 1 is 1.19 bits per heavy atom. The van der Waals surface area contributed by atoms with Crippen molar-refractivity contribution in [2.45, 2.75) is 32.2 Å². The predicted molar refractivity (Wildman–Crippen MR) is 75.1 cm³/mol. The smallest absolute Gasteiger partial charge is 0.0317 e. The maximum absolute atomic E-state index is 3.64. The number of hydrogen-bond acceptors (Lipinski definition) is 2. The number of thioether (sulfide) groups is 1. The van der Waals surface area contributed by atoms with E-state index in [0.29, 0.717) is 6.04 Å². The first-order valence-corrected chi connectivity index (χ1v) is 7.55. The topological polar surface area (TPSA) is 12.0 Å². The van der Waals surface area contributed by atoms with Crippen LogP contribution < -0.4 is 5.32 Å². The minimum atomic E-state index is 0.524. The third-order valence-electron chi connectivity index (χ3n) is 2.78. The molecule has 0 amide bonds. The van der Waals surface area contributed by atoms with E-state index in [-0.39, 0.29) is 0 Å². The number of hydrogen-bond donors (Lipinski definition) is 1. The molecule has 1 atom stereocenters. The summed E-state index contributed by atoms with van der Waals surface area (Å²) in [5, 5.41) is 3.64. The molecule has 1 unspecified atom stereocenters. The Hall–Kier alpha value is -0.470. The molecule has 0 fully saturated rings. The summed E-state index contributed by atoms with van der Waals surface area (Å²) in [6.07, 6.45) is 5.93. The van der Waals surface area contributed by atoms with Gasteiger partial charge < -0.3 is 5.32 Å². The summed E-state index contributed by atoms with van der Waals surface area (Å²) in [5.41, 5.74) is 1.41. The van der Waals surface area contributed by atoms with E-state index in [1.165, 1.54) is 24.2 Å². The van der Waals surface area contributed by atoms with Crippen LogP contribution in [0.3, 0.4) is 0 Å². The SMILES string of the molecule is CCC(NCCCCSC)c1ccccc1. The van der Waals surface area contributed by atoms with E-state index in [0.717, 1.165) is 13.0 Å². The molecule has 0 saturated carbocycles. The summed E-state index contributed by atoms with van der Waals surface area (Å²) in [4.78, 5) is 0. The van der Waals surface area contributed by atoms with Gasteiger partial charge in [-0.25, -0.2) is 0 Å². The second-order valence-corrected chi connectivity index (χ2v) is 5.01. The molecule has 0 aliphatic rings. The predicted octanol–water partition coefficient (Wildman–Crippen LogP) is 3.87. The van der Waals surface area contributed by atoms with Crippen molar-refractivity contribution < 1.29 is 0 Å². The van der Waals surface area contributed by atoms with Gasteiger partial charge >= 0.3 is 0 Å². The molecule has 1 N–H and O–H groups in total. The quantitative estimate of drug-likeness (QED) is 0.689. The Bertz CT molecular complexity index is 261. The van der Waals surface area contributed by atoms with E-state index in [2.05, 4.69) is 48.8 Å². The van der Waals surface area contributed by atoms with Gasteiger partial charge in [0.15, 0.2) is 0 Å². The van der Waals surface area contributed by atoms with Crippen molar-refractivity contribution in [3.05, 3.63) is 35.9 Å². The molecule has 2 heteroatoms. The van der Waals surface area contributed by atoms with Crippen molar-refractivity contribution in [3.8, 4) is 0 Å². The van der Waals surface area contributed by atoms with E-state index in [4.69, 9.17) is 0 Å². The summed E-state index contributed by atoms with van der Waals surface area (Å²) in [5.74, 6) is 1.28. The van der Waals surface area contributed by atoms with Crippen molar-refractivity contribution in [2.24, 2.45) is 0 Å². The molecule has 0 aromatic heterocycles. The van der Waals surface area contributed by atoms with Crippen molar-refractivity contribution in [1.29, 1.82) is 0 Å². The summed E-state index contributed by atoms with van der Waals surface area (Å²) in [6, 6.07) is 11.3. The fourth-order valence-corrected chi connectivity index (χ4v) is 2.32. The van der Waals surface area contributed by atoms with Crippen molar-refractivity contribution in [2.75, 3.05) is 18.6 Å². The molecule has 1 nitrogen and oxygen atoms in total. The minimum absolute atomic E-state index is 0.524. The highest BCUT2D eigenvalue weighted by Crippen LogP contribution is 2.15. The molecule has 0 aliphatic carbocycles. The highest BCUT2D eigenvalue weighted by Gasteiger charge is 2.06. The first-order valence-electron chi connectivity index (χ1n) is 6.15. The van der Waals surface area contributed by atoms with Crippen LogP contribution in [0.25, 0.3) is 0 Å². The van der Waals surface area contributed by atoms with E-state index >= 15 is 0 Å². The highest BCUT2D eigenvalue weighted by molar-refractivity contribution is 7.98. The van der Waals surface area contributed by atoms with Gasteiger partial charge in [0.25, 0.3) is 0 Å². The van der Waals surface area contributed by atoms with Gasteiger partial charge in [0.2, 0.25) is 0 Å². The van der Waals surface area contributed by atoms with Crippen LogP contribution in [0.5, 0.6) is 0 Å². The van der Waals surface area contributed by atoms with Crippen LogP contribution in [0.15, 0.2) is 30.3 Å². The lowest BCUT2D eigenvalue weighted by atomic mass is 10.0. The molecule has 0 saturated heterocycles. The van der Waals surface area contributed by atoms with Crippen LogP contribution in [-0.4, -0.2) is 18.6 Å². The molecule has 1 aromatic carbocycles. The molecule has 0 bridgehead atoms. The third-order valence-corrected chi connectivity index (χ3v) is 3.47. The van der Waals surface area contributed by atoms with Crippen LogP contribution >= 0.6 is 11.8 Å². The monoisotopic (exact) mass is 237 g/mol. The highest BCUT2D eigenvalue weighted by atomic mass is 32.2. The minimum Gasteiger partial charge on any atom is -0.310 e. The molecular formula is C14H23NS. The van der Waals surface area contributed by atoms with Crippen LogP contribution in [0.4, 0.5) is 0 Å². The van der Waals surface area contributed by atoms with Crippen LogP contribution in [0, 0.1) is 0 Å². The van der Waals surface area contributed by atoms with Crippen LogP contribution in [0.1, 0.15) is 37.8 Å². The first-order chi connectivity index (χ1) is 7.88. The van der Waals surface area contributed by atoms with Gasteiger partial charge in [0.05, 0.1) is 0 Å². The van der Waals surface area contributed by atoms with Gasteiger partial charge in [-0.05, 0) is 43.4 Å². The largest absolute Gasteiger partial charge is 0.310 e. The van der Waals surface area contributed by atoms with Gasteiger partial charge in [-0.15, -0.1) is 0 Å². The number of rotatable bonds is 8. The average Bonchev–Trinajstić information content (AvgIpc) is 2.35. The van der Waals surface area contributed by atoms with Crippen LogP contribution in [-0.2, 0) is 0 Å². The fourth-order valence-electron chi connectivity index (χ4n) is 1.83. The maximum atomic E-state index is 3.64. The lowest BCUT2D eigenvalue weighted by molar-refractivity contribution is 0.509. The standard InChI is InChI=1S/C14H23NS/c1-3-14(13-9-5-4-6-10-13)15-11-7-8-12-16-2/h4-6,9-10,14-15H,3,7-8,11-12H2,1-2H3. The number of benzene rings is 1. The van der Waals surface area contributed by atoms with E-state index < -0.39 is 0 Å². The molecule has 16 heavy (non-hydrogen) atoms. The van der Waals surface area contributed by atoms with Gasteiger partial charge in [-0.2, -0.15) is 11.8 Å². The molecule has 0 aliphatic heterocycles. The van der Waals surface area contributed by atoms with Crippen LogP contribution in [0.2, 0.25) is 0 Å². The van der Waals surface area contributed by atoms with Crippen molar-refractivity contribution in [1.82, 2.24) is 5.32 Å². The maximum Gasteiger partial charge on any atom is 0.0317 e. The Kier molecular flexibility index (Phi) is 7.35. The third kappa shape index (κ3) is 5.04. The number of unbranched alkanes of at least 4 members (excludes halogenated alkanes) is 1. The van der Waals surface area contributed by atoms with Gasteiger partial charge in [0.1, 0.15) is 0 Å². The summed E-state index contributed by atoms with van der Waals surface area (Å²) < 4.78 is 0. The molecule has 0 spiro atoms. The zero-order valence-corrected chi connectivity index (χ0v) is 11.2. The molecule has 1 aromatic rings. The second kappa shape index (κ2) is 8.66. The lowest BCUT2D eigenvalue weighted by Gasteiger charge is -2.17. The van der Waals surface area contributed by atoms with Crippen molar-refractivity contribution >= 4 is 11.8 Å². The van der Waals surface area contributed by atoms with Gasteiger partial charge in [-0.3, -0.25) is 0 Å². The fraction of sp³-hybridized carbons (Fsp3) is 0.571. The number of nitrogens with one attached hydrogen (secondary N) is 1.